The van der Waals surface area contributed by atoms with E-state index in [2.05, 4.69) is 16.0 Å². The first kappa shape index (κ1) is 16.8. The predicted molar refractivity (Wildman–Crippen MR) is 107 cm³/mol. The van der Waals surface area contributed by atoms with Crippen LogP contribution < -0.4 is 16.0 Å². The molecule has 3 amide bonds. The number of carbonyl (C=O) groups is 2. The summed E-state index contributed by atoms with van der Waals surface area (Å²) in [6.45, 7) is 2.50. The Labute approximate surface area is 157 Å². The van der Waals surface area contributed by atoms with Crippen LogP contribution in [0.1, 0.15) is 21.5 Å². The van der Waals surface area contributed by atoms with Gasteiger partial charge in [0.05, 0.1) is 0 Å². The third-order valence-corrected chi connectivity index (χ3v) is 4.55. The van der Waals surface area contributed by atoms with E-state index >= 15 is 0 Å². The quantitative estimate of drug-likeness (QED) is 0.643. The molecule has 0 saturated heterocycles. The molecule has 0 aromatic heterocycles. The Morgan fingerprint density at radius 3 is 2.33 bits per heavy atom. The van der Waals surface area contributed by atoms with Gasteiger partial charge in [-0.05, 0) is 59.5 Å². The second-order valence-corrected chi connectivity index (χ2v) is 6.54. The van der Waals surface area contributed by atoms with E-state index in [9.17, 15) is 9.59 Å². The maximum absolute atomic E-state index is 12.3. The molecule has 1 aliphatic rings. The summed E-state index contributed by atoms with van der Waals surface area (Å²) in [6, 6.07) is 20.7. The van der Waals surface area contributed by atoms with E-state index in [0.29, 0.717) is 17.8 Å². The van der Waals surface area contributed by atoms with Crippen LogP contribution in [0.3, 0.4) is 0 Å². The second-order valence-electron chi connectivity index (χ2n) is 6.54. The molecule has 0 fully saturated rings. The fourth-order valence-corrected chi connectivity index (χ4v) is 3.31. The van der Waals surface area contributed by atoms with E-state index in [0.717, 1.165) is 27.9 Å². The number of urea groups is 1. The van der Waals surface area contributed by atoms with Crippen molar-refractivity contribution in [2.45, 2.75) is 13.5 Å². The van der Waals surface area contributed by atoms with Crippen LogP contribution in [0.4, 0.5) is 16.2 Å². The van der Waals surface area contributed by atoms with Crippen molar-refractivity contribution in [2.24, 2.45) is 0 Å². The van der Waals surface area contributed by atoms with Gasteiger partial charge in [-0.2, -0.15) is 0 Å². The number of carbonyl (C=O) groups excluding carboxylic acids is 2. The molecule has 0 unspecified atom stereocenters. The summed E-state index contributed by atoms with van der Waals surface area (Å²) in [5, 5.41) is 8.55. The number of benzene rings is 3. The molecule has 5 heteroatoms. The highest BCUT2D eigenvalue weighted by Crippen LogP contribution is 2.30. The van der Waals surface area contributed by atoms with Gasteiger partial charge < -0.3 is 16.0 Å². The molecule has 27 heavy (non-hydrogen) atoms. The molecule has 0 spiro atoms. The molecule has 3 aromatic rings. The Balaban J connectivity index is 1.55. The molecule has 134 valence electrons. The van der Waals surface area contributed by atoms with E-state index in [1.165, 1.54) is 0 Å². The fourth-order valence-electron chi connectivity index (χ4n) is 3.31. The van der Waals surface area contributed by atoms with Crippen molar-refractivity contribution in [3.63, 3.8) is 0 Å². The van der Waals surface area contributed by atoms with Crippen LogP contribution in [0.25, 0.3) is 11.1 Å². The highest BCUT2D eigenvalue weighted by molar-refractivity contribution is 6.01. The van der Waals surface area contributed by atoms with Gasteiger partial charge in [0.2, 0.25) is 0 Å². The van der Waals surface area contributed by atoms with E-state index in [1.54, 1.807) is 0 Å². The zero-order valence-corrected chi connectivity index (χ0v) is 14.9. The molecule has 0 saturated carbocycles. The smallest absolute Gasteiger partial charge is 0.323 e. The first-order valence-electron chi connectivity index (χ1n) is 8.75. The van der Waals surface area contributed by atoms with Crippen LogP contribution in [0, 0.1) is 6.92 Å². The predicted octanol–water partition coefficient (Wildman–Crippen LogP) is 4.55. The summed E-state index contributed by atoms with van der Waals surface area (Å²) in [4.78, 5) is 24.2. The van der Waals surface area contributed by atoms with Crippen LogP contribution in [0.15, 0.2) is 66.7 Å². The minimum absolute atomic E-state index is 0.0429. The van der Waals surface area contributed by atoms with Crippen molar-refractivity contribution in [3.8, 4) is 11.1 Å². The zero-order valence-electron chi connectivity index (χ0n) is 14.9. The van der Waals surface area contributed by atoms with Crippen LogP contribution in [0.5, 0.6) is 0 Å². The van der Waals surface area contributed by atoms with Crippen molar-refractivity contribution in [3.05, 3.63) is 83.4 Å². The summed E-state index contributed by atoms with van der Waals surface area (Å²) in [5.41, 5.74) is 6.16. The average Bonchev–Trinajstić information content (AvgIpc) is 3.03. The minimum atomic E-state index is -0.298. The van der Waals surface area contributed by atoms with Crippen LogP contribution >= 0.6 is 0 Å². The monoisotopic (exact) mass is 357 g/mol. The number of nitrogens with one attached hydrogen (secondary N) is 3. The van der Waals surface area contributed by atoms with Gasteiger partial charge in [-0.3, -0.25) is 4.79 Å². The average molecular weight is 357 g/mol. The van der Waals surface area contributed by atoms with Gasteiger partial charge in [0.1, 0.15) is 0 Å². The summed E-state index contributed by atoms with van der Waals surface area (Å²) < 4.78 is 0. The fraction of sp³-hybridized carbons (Fsp3) is 0.0909. The molecule has 1 aliphatic heterocycles. The number of rotatable bonds is 3. The maximum Gasteiger partial charge on any atom is 0.323 e. The number of fused-ring (bicyclic) bond motifs is 1. The Morgan fingerprint density at radius 2 is 1.56 bits per heavy atom. The van der Waals surface area contributed by atoms with Crippen molar-refractivity contribution < 1.29 is 9.59 Å². The largest absolute Gasteiger partial charge is 0.348 e. The molecule has 0 atom stereocenters. The highest BCUT2D eigenvalue weighted by atomic mass is 16.2. The lowest BCUT2D eigenvalue weighted by molar-refractivity contribution is 0.0965. The van der Waals surface area contributed by atoms with E-state index < -0.39 is 0 Å². The third-order valence-electron chi connectivity index (χ3n) is 4.55. The summed E-state index contributed by atoms with van der Waals surface area (Å²) in [5.74, 6) is -0.0429. The van der Waals surface area contributed by atoms with Gasteiger partial charge in [0, 0.05) is 23.5 Å². The number of anilines is 2. The Hall–Kier alpha value is -3.60. The van der Waals surface area contributed by atoms with Gasteiger partial charge >= 0.3 is 6.03 Å². The van der Waals surface area contributed by atoms with Crippen LogP contribution in [0.2, 0.25) is 0 Å². The molecular weight excluding hydrogens is 338 g/mol. The standard InChI is InChI=1S/C22H19N3O2/c1-14-5-2-7-16(11-14)24-22(27)25-17-8-3-6-15(12-17)18-9-4-10-19-20(18)13-23-21(19)26/h2-12H,13H2,1H3,(H,23,26)(H2,24,25,27). The van der Waals surface area contributed by atoms with Crippen molar-refractivity contribution in [1.82, 2.24) is 5.32 Å². The number of hydrogen-bond acceptors (Lipinski definition) is 2. The van der Waals surface area contributed by atoms with Crippen molar-refractivity contribution in [1.29, 1.82) is 0 Å². The summed E-state index contributed by atoms with van der Waals surface area (Å²) in [7, 11) is 0. The lowest BCUT2D eigenvalue weighted by Gasteiger charge is -2.11. The Bertz CT molecular complexity index is 1040. The topological polar surface area (TPSA) is 70.2 Å². The molecule has 0 radical (unpaired) electrons. The Morgan fingerprint density at radius 1 is 0.889 bits per heavy atom. The summed E-state index contributed by atoms with van der Waals surface area (Å²) >= 11 is 0. The van der Waals surface area contributed by atoms with Gasteiger partial charge in [-0.15, -0.1) is 0 Å². The number of aryl methyl sites for hydroxylation is 1. The van der Waals surface area contributed by atoms with Crippen molar-refractivity contribution in [2.75, 3.05) is 10.6 Å². The molecular formula is C22H19N3O2. The first-order valence-corrected chi connectivity index (χ1v) is 8.75. The zero-order chi connectivity index (χ0) is 18.8. The number of amides is 3. The lowest BCUT2D eigenvalue weighted by Crippen LogP contribution is -2.19. The first-order chi connectivity index (χ1) is 13.1. The number of hydrogen-bond donors (Lipinski definition) is 3. The van der Waals surface area contributed by atoms with Gasteiger partial charge in [-0.1, -0.05) is 36.4 Å². The molecule has 1 heterocycles. The molecule has 0 aliphatic carbocycles. The maximum atomic E-state index is 12.3. The van der Waals surface area contributed by atoms with Crippen LogP contribution in [-0.4, -0.2) is 11.9 Å². The SMILES string of the molecule is Cc1cccc(NC(=O)Nc2cccc(-c3cccc4c3CNC4=O)c2)c1. The van der Waals surface area contributed by atoms with Gasteiger partial charge in [0.15, 0.2) is 0 Å². The molecule has 3 N–H and O–H groups in total. The lowest BCUT2D eigenvalue weighted by atomic mass is 9.96. The van der Waals surface area contributed by atoms with Gasteiger partial charge in [0.25, 0.3) is 5.91 Å². The molecule has 3 aromatic carbocycles. The van der Waals surface area contributed by atoms with Crippen LogP contribution in [-0.2, 0) is 6.54 Å². The normalized spacial score (nSPS) is 12.3. The third kappa shape index (κ3) is 3.53. The minimum Gasteiger partial charge on any atom is -0.348 e. The Kier molecular flexibility index (Phi) is 4.34. The molecule has 0 bridgehead atoms. The molecule has 4 rings (SSSR count). The summed E-state index contributed by atoms with van der Waals surface area (Å²) in [6.07, 6.45) is 0. The highest BCUT2D eigenvalue weighted by Gasteiger charge is 2.21. The van der Waals surface area contributed by atoms with Gasteiger partial charge in [-0.25, -0.2) is 4.79 Å². The van der Waals surface area contributed by atoms with E-state index in [-0.39, 0.29) is 11.9 Å². The molecule has 5 nitrogen and oxygen atoms in total. The van der Waals surface area contributed by atoms with E-state index in [1.807, 2.05) is 73.7 Å². The van der Waals surface area contributed by atoms with Crippen molar-refractivity contribution >= 4 is 23.3 Å². The second kappa shape index (κ2) is 6.96. The van der Waals surface area contributed by atoms with E-state index in [4.69, 9.17) is 0 Å².